The van der Waals surface area contributed by atoms with Gasteiger partial charge < -0.3 is 14.9 Å². The van der Waals surface area contributed by atoms with Gasteiger partial charge >= 0.3 is 5.97 Å². The van der Waals surface area contributed by atoms with Crippen molar-refractivity contribution in [1.82, 2.24) is 0 Å². The molecule has 134 valence electrons. The molecule has 0 aromatic carbocycles. The van der Waals surface area contributed by atoms with E-state index in [1.807, 2.05) is 0 Å². The average molecular weight is 334 g/mol. The Hall–Kier alpha value is -1.03. The second-order valence-corrected chi connectivity index (χ2v) is 9.18. The number of fused-ring (bicyclic) bond motifs is 5. The van der Waals surface area contributed by atoms with Gasteiger partial charge in [0.25, 0.3) is 0 Å². The van der Waals surface area contributed by atoms with E-state index in [2.05, 4.69) is 13.8 Å². The van der Waals surface area contributed by atoms with Gasteiger partial charge in [0.05, 0.1) is 17.9 Å². The first-order chi connectivity index (χ1) is 11.4. The van der Waals surface area contributed by atoms with E-state index in [0.717, 1.165) is 44.8 Å². The number of hydrogen-bond donors (Lipinski definition) is 2. The third kappa shape index (κ3) is 2.25. The summed E-state index contributed by atoms with van der Waals surface area (Å²) >= 11 is 0. The van der Waals surface area contributed by atoms with E-state index in [1.165, 1.54) is 6.42 Å². The lowest BCUT2D eigenvalue weighted by Crippen LogP contribution is -2.58. The third-order valence-electron chi connectivity index (χ3n) is 8.15. The zero-order valence-corrected chi connectivity index (χ0v) is 14.8. The van der Waals surface area contributed by atoms with Crippen molar-refractivity contribution in [2.75, 3.05) is 0 Å². The molecule has 0 bridgehead atoms. The summed E-state index contributed by atoms with van der Waals surface area (Å²) < 4.78 is 5.81. The van der Waals surface area contributed by atoms with Gasteiger partial charge in [-0.25, -0.2) is 4.79 Å². The summed E-state index contributed by atoms with van der Waals surface area (Å²) in [6.45, 7) is 4.54. The molecule has 4 rings (SSSR count). The lowest BCUT2D eigenvalue weighted by atomic mass is 9.45. The minimum absolute atomic E-state index is 0.118. The maximum absolute atomic E-state index is 12.1. The number of rotatable bonds is 0. The van der Waals surface area contributed by atoms with Crippen LogP contribution in [0.25, 0.3) is 0 Å². The molecule has 7 atom stereocenters. The van der Waals surface area contributed by atoms with E-state index in [1.54, 1.807) is 0 Å². The van der Waals surface area contributed by atoms with Crippen LogP contribution in [-0.2, 0) is 9.53 Å². The molecule has 1 heterocycles. The van der Waals surface area contributed by atoms with Gasteiger partial charge in [0, 0.05) is 5.92 Å². The molecule has 3 saturated carbocycles. The highest BCUT2D eigenvalue weighted by Crippen LogP contribution is 2.63. The van der Waals surface area contributed by atoms with Crippen LogP contribution in [0.3, 0.4) is 0 Å². The summed E-state index contributed by atoms with van der Waals surface area (Å²) in [5, 5.41) is 19.5. The predicted molar refractivity (Wildman–Crippen MR) is 90.2 cm³/mol. The van der Waals surface area contributed by atoms with Crippen LogP contribution in [0.5, 0.6) is 0 Å². The fourth-order valence-electron chi connectivity index (χ4n) is 6.72. The van der Waals surface area contributed by atoms with E-state index in [0.29, 0.717) is 41.1 Å². The smallest absolute Gasteiger partial charge is 0.337 e. The van der Waals surface area contributed by atoms with Crippen molar-refractivity contribution < 1.29 is 19.7 Å². The molecule has 4 fully saturated rings. The maximum atomic E-state index is 12.1. The van der Waals surface area contributed by atoms with Crippen LogP contribution in [0.1, 0.15) is 65.2 Å². The highest BCUT2D eigenvalue weighted by atomic mass is 16.6. The van der Waals surface area contributed by atoms with Gasteiger partial charge in [0.15, 0.2) is 0 Å². The van der Waals surface area contributed by atoms with Crippen LogP contribution < -0.4 is 0 Å². The van der Waals surface area contributed by atoms with Gasteiger partial charge in [-0.05, 0) is 81.5 Å². The number of carbonyl (C=O) groups excluding carboxylic acids is 1. The van der Waals surface area contributed by atoms with Crippen molar-refractivity contribution in [3.8, 4) is 0 Å². The van der Waals surface area contributed by atoms with Crippen molar-refractivity contribution in [2.24, 2.45) is 29.1 Å². The first-order valence-electron chi connectivity index (χ1n) is 9.62. The van der Waals surface area contributed by atoms with Crippen LogP contribution in [-0.4, -0.2) is 27.9 Å². The Morgan fingerprint density at radius 3 is 2.67 bits per heavy atom. The molecule has 2 N–H and O–H groups in total. The van der Waals surface area contributed by atoms with Crippen molar-refractivity contribution >= 4 is 5.97 Å². The second kappa shape index (κ2) is 5.48. The summed E-state index contributed by atoms with van der Waals surface area (Å²) in [5.74, 6) is 1.82. The Morgan fingerprint density at radius 2 is 1.92 bits per heavy atom. The van der Waals surface area contributed by atoms with E-state index in [4.69, 9.17) is 4.74 Å². The predicted octanol–water partition coefficient (Wildman–Crippen LogP) is 3.74. The quantitative estimate of drug-likeness (QED) is 0.402. The fraction of sp³-hybridized carbons (Fsp3) is 0.850. The molecule has 0 spiro atoms. The lowest BCUT2D eigenvalue weighted by Gasteiger charge is -2.61. The lowest BCUT2D eigenvalue weighted by molar-refractivity contribution is -0.196. The monoisotopic (exact) mass is 334 g/mol. The molecule has 0 amide bonds. The number of carbonyl (C=O) groups is 1. The summed E-state index contributed by atoms with van der Waals surface area (Å²) in [5.41, 5.74) is 0.375. The number of ether oxygens (including phenoxy) is 1. The zero-order valence-electron chi connectivity index (χ0n) is 14.8. The van der Waals surface area contributed by atoms with Crippen LogP contribution in [0.15, 0.2) is 11.8 Å². The van der Waals surface area contributed by atoms with Crippen molar-refractivity contribution in [3.63, 3.8) is 0 Å². The third-order valence-corrected chi connectivity index (χ3v) is 8.15. The highest BCUT2D eigenvalue weighted by molar-refractivity contribution is 5.89. The molecule has 0 radical (unpaired) electrons. The van der Waals surface area contributed by atoms with E-state index in [9.17, 15) is 15.0 Å². The molecule has 1 saturated heterocycles. The van der Waals surface area contributed by atoms with Crippen LogP contribution in [0.4, 0.5) is 0 Å². The second-order valence-electron chi connectivity index (χ2n) is 9.18. The standard InChI is InChI=1S/C20H30O4/c1-19-7-5-14(22)10-13(19)3-4-15-16(19)6-8-20(2)17(15)9-12(11-21)18(23)24-20/h11,13-17,21-22H,3-10H2,1-2H3/b12-11-/t13-,14-,15+,16-,17-,19-,20-/m0/s1. The molecule has 0 unspecified atom stereocenters. The van der Waals surface area contributed by atoms with Crippen LogP contribution in [0.2, 0.25) is 0 Å². The highest BCUT2D eigenvalue weighted by Gasteiger charge is 2.59. The van der Waals surface area contributed by atoms with E-state index < -0.39 is 0 Å². The number of hydrogen-bond acceptors (Lipinski definition) is 4. The molecule has 24 heavy (non-hydrogen) atoms. The molecule has 0 aromatic rings. The summed E-state index contributed by atoms with van der Waals surface area (Å²) in [6, 6.07) is 0. The molecular weight excluding hydrogens is 304 g/mol. The average Bonchev–Trinajstić information content (AvgIpc) is 2.54. The van der Waals surface area contributed by atoms with Crippen molar-refractivity contribution in [3.05, 3.63) is 11.8 Å². The van der Waals surface area contributed by atoms with Gasteiger partial charge in [0.2, 0.25) is 0 Å². The Kier molecular flexibility index (Phi) is 3.76. The Labute approximate surface area is 144 Å². The molecular formula is C20H30O4. The van der Waals surface area contributed by atoms with Crippen molar-refractivity contribution in [1.29, 1.82) is 0 Å². The topological polar surface area (TPSA) is 66.8 Å². The molecule has 3 aliphatic carbocycles. The summed E-state index contributed by atoms with van der Waals surface area (Å²) in [6.07, 6.45) is 8.86. The minimum atomic E-state index is -0.373. The number of aliphatic hydroxyl groups is 2. The Morgan fingerprint density at radius 1 is 1.12 bits per heavy atom. The van der Waals surface area contributed by atoms with Gasteiger partial charge in [-0.15, -0.1) is 0 Å². The molecule has 0 aromatic heterocycles. The van der Waals surface area contributed by atoms with Crippen LogP contribution in [0, 0.1) is 29.1 Å². The fourth-order valence-corrected chi connectivity index (χ4v) is 6.72. The SMILES string of the molecule is C[C@]12CC[C@H](O)C[C@@H]1CC[C@@H]1[C@@H]2CC[C@]2(C)OC(=O)/C(=C\O)C[C@@H]12. The zero-order chi connectivity index (χ0) is 17.1. The van der Waals surface area contributed by atoms with Gasteiger partial charge in [-0.1, -0.05) is 6.92 Å². The van der Waals surface area contributed by atoms with E-state index >= 15 is 0 Å². The molecule has 1 aliphatic heterocycles. The van der Waals surface area contributed by atoms with Crippen LogP contribution >= 0.6 is 0 Å². The van der Waals surface area contributed by atoms with Crippen molar-refractivity contribution in [2.45, 2.75) is 76.9 Å². The Bertz CT molecular complexity index is 570. The first-order valence-corrected chi connectivity index (χ1v) is 9.62. The van der Waals surface area contributed by atoms with Gasteiger partial charge in [-0.3, -0.25) is 0 Å². The van der Waals surface area contributed by atoms with E-state index in [-0.39, 0.29) is 17.7 Å². The van der Waals surface area contributed by atoms with Gasteiger partial charge in [0.1, 0.15) is 5.60 Å². The molecule has 4 nitrogen and oxygen atoms in total. The normalized spacial score (nSPS) is 52.9. The number of aliphatic hydroxyl groups excluding tert-OH is 2. The molecule has 4 aliphatic rings. The maximum Gasteiger partial charge on any atom is 0.337 e. The first kappa shape index (κ1) is 16.4. The largest absolute Gasteiger partial charge is 0.515 e. The molecule has 4 heteroatoms. The Balaban J connectivity index is 1.64. The summed E-state index contributed by atoms with van der Waals surface area (Å²) in [7, 11) is 0. The van der Waals surface area contributed by atoms with Gasteiger partial charge in [-0.2, -0.15) is 0 Å². The minimum Gasteiger partial charge on any atom is -0.515 e. The summed E-state index contributed by atoms with van der Waals surface area (Å²) in [4.78, 5) is 12.1. The number of esters is 1.